The predicted octanol–water partition coefficient (Wildman–Crippen LogP) is 4.28. The van der Waals surface area contributed by atoms with Crippen molar-refractivity contribution in [3.05, 3.63) is 58.9 Å². The molecule has 160 valence electrons. The second kappa shape index (κ2) is 8.69. The highest BCUT2D eigenvalue weighted by molar-refractivity contribution is 7.99. The predicted molar refractivity (Wildman–Crippen MR) is 116 cm³/mol. The van der Waals surface area contributed by atoms with Crippen LogP contribution in [0.15, 0.2) is 46.2 Å². The Hall–Kier alpha value is -1.90. The number of piperidine rings is 1. The van der Waals surface area contributed by atoms with Gasteiger partial charge in [0.1, 0.15) is 5.82 Å². The van der Waals surface area contributed by atoms with E-state index in [1.807, 2.05) is 6.07 Å². The van der Waals surface area contributed by atoms with Crippen LogP contribution in [0.25, 0.3) is 0 Å². The van der Waals surface area contributed by atoms with Crippen LogP contribution in [0.5, 0.6) is 0 Å². The largest absolute Gasteiger partial charge is 0.345 e. The number of nitrogens with zero attached hydrogens (tertiary/aromatic N) is 1. The topological polar surface area (TPSA) is 66.5 Å². The Morgan fingerprint density at radius 2 is 1.93 bits per heavy atom. The van der Waals surface area contributed by atoms with Gasteiger partial charge in [0.2, 0.25) is 10.0 Å². The molecule has 0 bridgehead atoms. The molecule has 2 aliphatic heterocycles. The molecule has 2 aromatic carbocycles. The summed E-state index contributed by atoms with van der Waals surface area (Å²) in [4.78, 5) is 13.7. The third-order valence-electron chi connectivity index (χ3n) is 5.71. The van der Waals surface area contributed by atoms with Crippen molar-refractivity contribution in [1.29, 1.82) is 0 Å². The average Bonchev–Trinajstić information content (AvgIpc) is 2.75. The molecule has 1 saturated heterocycles. The van der Waals surface area contributed by atoms with E-state index in [1.165, 1.54) is 28.2 Å². The fourth-order valence-electron chi connectivity index (χ4n) is 4.04. The van der Waals surface area contributed by atoms with Gasteiger partial charge in [-0.3, -0.25) is 4.79 Å². The molecule has 2 aliphatic rings. The zero-order valence-corrected chi connectivity index (χ0v) is 18.5. The van der Waals surface area contributed by atoms with Crippen molar-refractivity contribution in [2.75, 3.05) is 18.8 Å². The molecule has 5 nitrogen and oxygen atoms in total. The van der Waals surface area contributed by atoms with E-state index in [0.717, 1.165) is 24.8 Å². The quantitative estimate of drug-likeness (QED) is 0.758. The Morgan fingerprint density at radius 3 is 2.70 bits per heavy atom. The van der Waals surface area contributed by atoms with Crippen LogP contribution in [0, 0.1) is 12.7 Å². The van der Waals surface area contributed by atoms with E-state index < -0.39 is 10.0 Å². The number of amides is 1. The van der Waals surface area contributed by atoms with Gasteiger partial charge in [0.25, 0.3) is 5.91 Å². The lowest BCUT2D eigenvalue weighted by Gasteiger charge is -2.27. The first-order valence-electron chi connectivity index (χ1n) is 10.2. The first kappa shape index (κ1) is 21.3. The van der Waals surface area contributed by atoms with Crippen LogP contribution < -0.4 is 5.32 Å². The second-order valence-electron chi connectivity index (χ2n) is 7.77. The van der Waals surface area contributed by atoms with Gasteiger partial charge in [-0.2, -0.15) is 4.31 Å². The zero-order valence-electron chi connectivity index (χ0n) is 16.9. The van der Waals surface area contributed by atoms with E-state index in [9.17, 15) is 17.6 Å². The van der Waals surface area contributed by atoms with E-state index in [1.54, 1.807) is 25.1 Å². The summed E-state index contributed by atoms with van der Waals surface area (Å²) in [6.45, 7) is 2.77. The van der Waals surface area contributed by atoms with Gasteiger partial charge in [-0.05, 0) is 55.5 Å². The monoisotopic (exact) mass is 448 g/mol. The number of sulfonamides is 1. The first-order valence-corrected chi connectivity index (χ1v) is 12.6. The van der Waals surface area contributed by atoms with Crippen LogP contribution in [0.4, 0.5) is 4.39 Å². The van der Waals surface area contributed by atoms with Gasteiger partial charge in [0.05, 0.1) is 10.9 Å². The number of hydrogen-bond donors (Lipinski definition) is 1. The summed E-state index contributed by atoms with van der Waals surface area (Å²) in [5.74, 6) is 0.0837. The van der Waals surface area contributed by atoms with Crippen LogP contribution in [-0.4, -0.2) is 37.5 Å². The van der Waals surface area contributed by atoms with E-state index in [4.69, 9.17) is 0 Å². The lowest BCUT2D eigenvalue weighted by molar-refractivity contribution is 0.0934. The maximum absolute atomic E-state index is 14.1. The van der Waals surface area contributed by atoms with E-state index in [0.29, 0.717) is 41.3 Å². The minimum Gasteiger partial charge on any atom is -0.345 e. The molecular weight excluding hydrogens is 423 g/mol. The minimum atomic E-state index is -3.64. The third kappa shape index (κ3) is 4.13. The standard InChI is InChI=1S/C22H25FN2O3S2/c1-15-8-9-16(14-20(15)30(27,28)25-11-3-2-4-12-25)22(26)24-19-10-13-29-21-17(19)6-5-7-18(21)23/h5-9,14,19H,2-4,10-13H2,1H3,(H,24,26). The molecule has 4 rings (SSSR count). The summed E-state index contributed by atoms with van der Waals surface area (Å²) in [5.41, 5.74) is 1.69. The van der Waals surface area contributed by atoms with Crippen LogP contribution in [0.3, 0.4) is 0 Å². The molecule has 2 heterocycles. The van der Waals surface area contributed by atoms with E-state index >= 15 is 0 Å². The first-order chi connectivity index (χ1) is 14.4. The van der Waals surface area contributed by atoms with Gasteiger partial charge >= 0.3 is 0 Å². The van der Waals surface area contributed by atoms with Crippen molar-refractivity contribution in [2.45, 2.75) is 48.4 Å². The van der Waals surface area contributed by atoms with E-state index in [-0.39, 0.29) is 22.7 Å². The Labute approximate surface area is 181 Å². The van der Waals surface area contributed by atoms with Gasteiger partial charge in [0.15, 0.2) is 0 Å². The summed E-state index contributed by atoms with van der Waals surface area (Å²) in [6, 6.07) is 9.39. The van der Waals surface area contributed by atoms with Crippen LogP contribution in [0.1, 0.15) is 53.2 Å². The van der Waals surface area contributed by atoms with Crippen LogP contribution >= 0.6 is 11.8 Å². The number of carbonyl (C=O) groups is 1. The number of benzene rings is 2. The van der Waals surface area contributed by atoms with Gasteiger partial charge in [-0.1, -0.05) is 24.6 Å². The Kier molecular flexibility index (Phi) is 6.18. The Morgan fingerprint density at radius 1 is 1.17 bits per heavy atom. The highest BCUT2D eigenvalue weighted by Gasteiger charge is 2.29. The number of thioether (sulfide) groups is 1. The maximum Gasteiger partial charge on any atom is 0.251 e. The number of hydrogen-bond acceptors (Lipinski definition) is 4. The molecule has 8 heteroatoms. The molecule has 0 aliphatic carbocycles. The highest BCUT2D eigenvalue weighted by atomic mass is 32.2. The van der Waals surface area contributed by atoms with Gasteiger partial charge in [-0.25, -0.2) is 12.8 Å². The molecule has 1 unspecified atom stereocenters. The lowest BCUT2D eigenvalue weighted by atomic mass is 10.0. The van der Waals surface area contributed by atoms with Crippen molar-refractivity contribution in [2.24, 2.45) is 0 Å². The molecule has 1 amide bonds. The number of fused-ring (bicyclic) bond motifs is 1. The molecule has 30 heavy (non-hydrogen) atoms. The molecular formula is C22H25FN2O3S2. The van der Waals surface area contributed by atoms with Crippen molar-refractivity contribution < 1.29 is 17.6 Å². The van der Waals surface area contributed by atoms with Crippen LogP contribution in [0.2, 0.25) is 0 Å². The molecule has 1 N–H and O–H groups in total. The SMILES string of the molecule is Cc1ccc(C(=O)NC2CCSc3c(F)cccc32)cc1S(=O)(=O)N1CCCCC1. The Bertz CT molecular complexity index is 1070. The molecule has 1 atom stereocenters. The fraction of sp³-hybridized carbons (Fsp3) is 0.409. The van der Waals surface area contributed by atoms with Gasteiger partial charge in [0, 0.05) is 29.3 Å². The normalized spacial score (nSPS) is 19.9. The number of carbonyl (C=O) groups excluding carboxylic acids is 1. The van der Waals surface area contributed by atoms with E-state index in [2.05, 4.69) is 5.32 Å². The lowest BCUT2D eigenvalue weighted by Crippen LogP contribution is -2.36. The molecule has 0 radical (unpaired) electrons. The molecule has 0 saturated carbocycles. The number of rotatable bonds is 4. The minimum absolute atomic E-state index is 0.183. The summed E-state index contributed by atoms with van der Waals surface area (Å²) < 4.78 is 41.9. The highest BCUT2D eigenvalue weighted by Crippen LogP contribution is 2.38. The van der Waals surface area contributed by atoms with Crippen molar-refractivity contribution in [3.8, 4) is 0 Å². The summed E-state index contributed by atoms with van der Waals surface area (Å²) >= 11 is 1.45. The molecule has 0 spiro atoms. The van der Waals surface area contributed by atoms with Gasteiger partial charge in [-0.15, -0.1) is 11.8 Å². The zero-order chi connectivity index (χ0) is 21.3. The summed E-state index contributed by atoms with van der Waals surface area (Å²) in [6.07, 6.45) is 3.44. The van der Waals surface area contributed by atoms with Gasteiger partial charge < -0.3 is 5.32 Å². The Balaban J connectivity index is 1.59. The van der Waals surface area contributed by atoms with Crippen molar-refractivity contribution >= 4 is 27.7 Å². The summed E-state index contributed by atoms with van der Waals surface area (Å²) in [5, 5.41) is 2.97. The maximum atomic E-state index is 14.1. The second-order valence-corrected chi connectivity index (χ2v) is 10.8. The third-order valence-corrected chi connectivity index (χ3v) is 8.91. The number of nitrogens with one attached hydrogen (secondary N) is 1. The number of aryl methyl sites for hydroxylation is 1. The molecule has 2 aromatic rings. The smallest absolute Gasteiger partial charge is 0.251 e. The molecule has 1 fully saturated rings. The van der Waals surface area contributed by atoms with Crippen LogP contribution in [-0.2, 0) is 10.0 Å². The molecule has 0 aromatic heterocycles. The van der Waals surface area contributed by atoms with Crippen molar-refractivity contribution in [1.82, 2.24) is 9.62 Å². The number of halogens is 1. The van der Waals surface area contributed by atoms with Crippen molar-refractivity contribution in [3.63, 3.8) is 0 Å². The fourth-order valence-corrected chi connectivity index (χ4v) is 6.95. The average molecular weight is 449 g/mol. The summed E-state index contributed by atoms with van der Waals surface area (Å²) in [7, 11) is -3.64.